The van der Waals surface area contributed by atoms with Crippen LogP contribution in [-0.2, 0) is 11.8 Å². The lowest BCUT2D eigenvalue weighted by molar-refractivity contribution is -0.203. The van der Waals surface area contributed by atoms with Crippen LogP contribution in [0.3, 0.4) is 0 Å². The number of aliphatic hydroxyl groups is 2. The van der Waals surface area contributed by atoms with Crippen LogP contribution in [0.4, 0.5) is 0 Å². The van der Waals surface area contributed by atoms with Crippen LogP contribution in [0.25, 0.3) is 0 Å². The highest BCUT2D eigenvalue weighted by Gasteiger charge is 2.64. The van der Waals surface area contributed by atoms with Crippen LogP contribution in [0, 0.1) is 52.3 Å². The minimum absolute atomic E-state index is 0.0789. The number of hydrogen-bond acceptors (Lipinski definition) is 5. The van der Waals surface area contributed by atoms with Crippen LogP contribution in [0.1, 0.15) is 116 Å². The fraction of sp³-hybridized carbons (Fsp3) is 0.935. The molecular weight excluding hydrogens is 464 g/mol. The molecule has 1 heterocycles. The standard InChI is InChI=1S/C31H52N2O2S/c1-8-20-24-17-19(34)13-15-31(24,7)23-14-16-30(6)21(10-11-22(30)26(23)27(20)35)18(2)9-12-25-32-33-28(36-25)29(3,4)5/h18-24,26-27,34-35H,8-17H2,1-7H3/t18-,19-,20-,21?,22+,23+,24?,26?,27-,30?,31?/m1/s1. The molecule has 0 amide bonds. The van der Waals surface area contributed by atoms with Crippen molar-refractivity contribution >= 4 is 11.3 Å². The zero-order valence-corrected chi connectivity index (χ0v) is 24.8. The first-order valence-corrected chi connectivity index (χ1v) is 15.9. The Morgan fingerprint density at radius 2 is 1.67 bits per heavy atom. The molecule has 11 atom stereocenters. The summed E-state index contributed by atoms with van der Waals surface area (Å²) >= 11 is 1.80. The van der Waals surface area contributed by atoms with Gasteiger partial charge in [0, 0.05) is 11.8 Å². The van der Waals surface area contributed by atoms with Gasteiger partial charge in [-0.1, -0.05) is 54.9 Å². The zero-order chi connectivity index (χ0) is 26.0. The van der Waals surface area contributed by atoms with Gasteiger partial charge < -0.3 is 10.2 Å². The SMILES string of the molecule is CC[C@@H]1C2C[C@H](O)CCC2(C)[C@H]2CCC3(C)C([C@H](C)CCc4nnc(C(C)(C)C)s4)CC[C@H]3C2[C@@H]1O. The van der Waals surface area contributed by atoms with E-state index in [-0.39, 0.29) is 23.0 Å². The molecule has 0 saturated heterocycles. The second-order valence-electron chi connectivity index (χ2n) is 14.9. The molecule has 0 bridgehead atoms. The Morgan fingerprint density at radius 1 is 0.972 bits per heavy atom. The molecule has 1 aromatic heterocycles. The molecule has 0 aliphatic heterocycles. The van der Waals surface area contributed by atoms with E-state index in [1.807, 2.05) is 0 Å². The fourth-order valence-electron chi connectivity index (χ4n) is 10.1. The van der Waals surface area contributed by atoms with Crippen LogP contribution in [0.15, 0.2) is 0 Å². The predicted octanol–water partition coefficient (Wildman–Crippen LogP) is 7.03. The van der Waals surface area contributed by atoms with E-state index in [0.29, 0.717) is 40.9 Å². The smallest absolute Gasteiger partial charge is 0.122 e. The summed E-state index contributed by atoms with van der Waals surface area (Å²) in [6, 6.07) is 0. The van der Waals surface area contributed by atoms with Crippen molar-refractivity contribution in [3.63, 3.8) is 0 Å². The second kappa shape index (κ2) is 9.59. The number of fused-ring (bicyclic) bond motifs is 5. The van der Waals surface area contributed by atoms with E-state index in [1.54, 1.807) is 11.3 Å². The zero-order valence-electron chi connectivity index (χ0n) is 24.0. The number of aliphatic hydroxyl groups excluding tert-OH is 2. The van der Waals surface area contributed by atoms with Crippen molar-refractivity contribution in [2.45, 2.75) is 130 Å². The molecule has 0 spiro atoms. The van der Waals surface area contributed by atoms with Crippen molar-refractivity contribution in [1.29, 1.82) is 0 Å². The van der Waals surface area contributed by atoms with Gasteiger partial charge in [-0.25, -0.2) is 0 Å². The highest BCUT2D eigenvalue weighted by atomic mass is 32.1. The van der Waals surface area contributed by atoms with Gasteiger partial charge in [0.25, 0.3) is 0 Å². The topological polar surface area (TPSA) is 66.2 Å². The average Bonchev–Trinajstić information content (AvgIpc) is 3.43. The summed E-state index contributed by atoms with van der Waals surface area (Å²) in [5.41, 5.74) is 0.710. The molecular formula is C31H52N2O2S. The Balaban J connectivity index is 1.33. The average molecular weight is 517 g/mol. The quantitative estimate of drug-likeness (QED) is 0.441. The molecule has 4 fully saturated rings. The van der Waals surface area contributed by atoms with Crippen LogP contribution < -0.4 is 0 Å². The number of aromatic nitrogens is 2. The first-order valence-electron chi connectivity index (χ1n) is 15.1. The van der Waals surface area contributed by atoms with E-state index in [9.17, 15) is 10.2 Å². The van der Waals surface area contributed by atoms with E-state index in [0.717, 1.165) is 43.0 Å². The summed E-state index contributed by atoms with van der Waals surface area (Å²) in [6.45, 7) is 16.6. The first kappa shape index (κ1) is 27.1. The maximum absolute atomic E-state index is 11.9. The third-order valence-corrected chi connectivity index (χ3v) is 13.5. The Bertz CT molecular complexity index is 926. The van der Waals surface area contributed by atoms with Crippen molar-refractivity contribution in [2.75, 3.05) is 0 Å². The molecule has 0 aromatic carbocycles. The van der Waals surface area contributed by atoms with Crippen LogP contribution in [0.2, 0.25) is 0 Å². The van der Waals surface area contributed by atoms with Gasteiger partial charge in [0.05, 0.1) is 12.2 Å². The Labute approximate surface area is 224 Å². The van der Waals surface area contributed by atoms with Crippen molar-refractivity contribution < 1.29 is 10.2 Å². The molecule has 204 valence electrons. The van der Waals surface area contributed by atoms with E-state index < -0.39 is 0 Å². The normalized spacial score (nSPS) is 45.6. The van der Waals surface area contributed by atoms with Crippen LogP contribution >= 0.6 is 11.3 Å². The molecule has 5 unspecified atom stereocenters. The summed E-state index contributed by atoms with van der Waals surface area (Å²) in [5, 5.41) is 33.8. The molecule has 36 heavy (non-hydrogen) atoms. The maximum Gasteiger partial charge on any atom is 0.122 e. The number of hydrogen-bond donors (Lipinski definition) is 2. The molecule has 1 aromatic rings. The van der Waals surface area contributed by atoms with Gasteiger partial charge in [-0.3, -0.25) is 0 Å². The molecule has 4 aliphatic rings. The summed E-state index contributed by atoms with van der Waals surface area (Å²) in [6.07, 6.45) is 11.1. The lowest BCUT2D eigenvalue weighted by Gasteiger charge is -2.64. The van der Waals surface area contributed by atoms with Crippen LogP contribution in [0.5, 0.6) is 0 Å². The summed E-state index contributed by atoms with van der Waals surface area (Å²) in [4.78, 5) is 0. The van der Waals surface area contributed by atoms with Crippen LogP contribution in [-0.4, -0.2) is 32.6 Å². The first-order chi connectivity index (χ1) is 16.9. The minimum Gasteiger partial charge on any atom is -0.393 e. The van der Waals surface area contributed by atoms with Gasteiger partial charge >= 0.3 is 0 Å². The molecule has 4 aliphatic carbocycles. The van der Waals surface area contributed by atoms with E-state index in [1.165, 1.54) is 37.1 Å². The lowest BCUT2D eigenvalue weighted by atomic mass is 9.41. The Hall–Kier alpha value is -0.520. The van der Waals surface area contributed by atoms with E-state index >= 15 is 0 Å². The number of nitrogens with zero attached hydrogens (tertiary/aromatic N) is 2. The number of aryl methyl sites for hydroxylation is 1. The van der Waals surface area contributed by atoms with Crippen molar-refractivity contribution in [3.8, 4) is 0 Å². The summed E-state index contributed by atoms with van der Waals surface area (Å²) in [7, 11) is 0. The monoisotopic (exact) mass is 516 g/mol. The molecule has 2 N–H and O–H groups in total. The maximum atomic E-state index is 11.9. The minimum atomic E-state index is -0.195. The molecule has 4 saturated carbocycles. The molecule has 5 rings (SSSR count). The van der Waals surface area contributed by atoms with Gasteiger partial charge in [-0.15, -0.1) is 21.5 Å². The Kier molecular flexibility index (Phi) is 7.21. The van der Waals surface area contributed by atoms with Gasteiger partial charge in [-0.05, 0) is 104 Å². The van der Waals surface area contributed by atoms with Gasteiger partial charge in [0.2, 0.25) is 0 Å². The Morgan fingerprint density at radius 3 is 2.33 bits per heavy atom. The summed E-state index contributed by atoms with van der Waals surface area (Å²) in [5.74, 6) is 3.95. The van der Waals surface area contributed by atoms with Gasteiger partial charge in [-0.2, -0.15) is 0 Å². The predicted molar refractivity (Wildman–Crippen MR) is 148 cm³/mol. The third-order valence-electron chi connectivity index (χ3n) is 12.1. The van der Waals surface area contributed by atoms with E-state index in [4.69, 9.17) is 0 Å². The molecule has 0 radical (unpaired) electrons. The molecule has 4 nitrogen and oxygen atoms in total. The van der Waals surface area contributed by atoms with Gasteiger partial charge in [0.15, 0.2) is 0 Å². The van der Waals surface area contributed by atoms with Gasteiger partial charge in [0.1, 0.15) is 10.0 Å². The van der Waals surface area contributed by atoms with E-state index in [2.05, 4.69) is 58.7 Å². The lowest BCUT2D eigenvalue weighted by Crippen LogP contribution is -2.62. The van der Waals surface area contributed by atoms with Crippen molar-refractivity contribution in [2.24, 2.45) is 52.3 Å². The fourth-order valence-corrected chi connectivity index (χ4v) is 11.1. The van der Waals surface area contributed by atoms with Crippen molar-refractivity contribution in [3.05, 3.63) is 10.0 Å². The largest absolute Gasteiger partial charge is 0.393 e. The summed E-state index contributed by atoms with van der Waals surface area (Å²) < 4.78 is 0. The molecule has 5 heteroatoms. The third kappa shape index (κ3) is 4.31. The number of rotatable bonds is 5. The highest BCUT2D eigenvalue weighted by molar-refractivity contribution is 7.11. The second-order valence-corrected chi connectivity index (χ2v) is 16.0. The van der Waals surface area contributed by atoms with Crippen molar-refractivity contribution in [1.82, 2.24) is 10.2 Å². The highest BCUT2D eigenvalue weighted by Crippen LogP contribution is 2.69.